The second kappa shape index (κ2) is 12.8. The molecule has 0 spiro atoms. The van der Waals surface area contributed by atoms with Gasteiger partial charge in [-0.3, -0.25) is 14.4 Å². The van der Waals surface area contributed by atoms with E-state index in [1.165, 1.54) is 6.20 Å². The number of carbonyl (C=O) groups excluding carboxylic acids is 2. The van der Waals surface area contributed by atoms with E-state index in [1.54, 1.807) is 0 Å². The molecule has 0 fully saturated rings. The van der Waals surface area contributed by atoms with E-state index in [9.17, 15) is 14.4 Å². The first-order valence-corrected chi connectivity index (χ1v) is 12.0. The van der Waals surface area contributed by atoms with Crippen LogP contribution in [-0.4, -0.2) is 39.4 Å². The van der Waals surface area contributed by atoms with Gasteiger partial charge < -0.3 is 20.5 Å². The molecule has 4 rings (SSSR count). The van der Waals surface area contributed by atoms with E-state index < -0.39 is 23.8 Å². The van der Waals surface area contributed by atoms with Crippen LogP contribution in [0.25, 0.3) is 0 Å². The number of amides is 2. The molecular formula is C29H26N4O5. The van der Waals surface area contributed by atoms with Crippen molar-refractivity contribution in [2.45, 2.75) is 19.1 Å². The van der Waals surface area contributed by atoms with Crippen LogP contribution >= 0.6 is 0 Å². The molecule has 0 saturated carbocycles. The number of carboxylic acid groups (broad SMARTS) is 1. The van der Waals surface area contributed by atoms with Crippen LogP contribution in [-0.2, 0) is 11.4 Å². The lowest BCUT2D eigenvalue weighted by Crippen LogP contribution is -2.31. The number of hydrogen-bond donors (Lipinski definition) is 3. The smallest absolute Gasteiger partial charge is 0.305 e. The van der Waals surface area contributed by atoms with Gasteiger partial charge in [-0.25, -0.2) is 4.98 Å². The monoisotopic (exact) mass is 510 g/mol. The van der Waals surface area contributed by atoms with Gasteiger partial charge in [-0.2, -0.15) is 4.98 Å². The third kappa shape index (κ3) is 7.01. The number of benzene rings is 3. The zero-order valence-electron chi connectivity index (χ0n) is 20.4. The number of nitrogens with zero attached hydrogens (tertiary/aromatic N) is 2. The van der Waals surface area contributed by atoms with Crippen LogP contribution < -0.4 is 15.4 Å². The molecule has 0 atom stereocenters. The summed E-state index contributed by atoms with van der Waals surface area (Å²) in [7, 11) is 0. The molecule has 4 aromatic rings. The summed E-state index contributed by atoms with van der Waals surface area (Å²) in [6.07, 6.45) is 0.992. The van der Waals surface area contributed by atoms with Gasteiger partial charge in [0, 0.05) is 12.7 Å². The average molecular weight is 511 g/mol. The van der Waals surface area contributed by atoms with Crippen LogP contribution in [0.1, 0.15) is 50.1 Å². The summed E-state index contributed by atoms with van der Waals surface area (Å²) < 4.78 is 5.88. The van der Waals surface area contributed by atoms with Gasteiger partial charge in [0.25, 0.3) is 11.8 Å². The predicted octanol–water partition coefficient (Wildman–Crippen LogP) is 3.78. The van der Waals surface area contributed by atoms with Crippen molar-refractivity contribution >= 4 is 17.8 Å². The van der Waals surface area contributed by atoms with Crippen molar-refractivity contribution in [3.05, 3.63) is 125 Å². The van der Waals surface area contributed by atoms with Gasteiger partial charge in [0.2, 0.25) is 11.7 Å². The fraction of sp³-hybridized carbons (Fsp3) is 0.138. The van der Waals surface area contributed by atoms with E-state index in [2.05, 4.69) is 20.6 Å². The van der Waals surface area contributed by atoms with Crippen LogP contribution in [0.15, 0.2) is 97.2 Å². The third-order valence-electron chi connectivity index (χ3n) is 5.59. The van der Waals surface area contributed by atoms with Crippen LogP contribution in [0.5, 0.6) is 5.88 Å². The van der Waals surface area contributed by atoms with E-state index in [0.717, 1.165) is 16.7 Å². The summed E-state index contributed by atoms with van der Waals surface area (Å²) in [5.41, 5.74) is 2.67. The lowest BCUT2D eigenvalue weighted by molar-refractivity contribution is -0.136. The summed E-state index contributed by atoms with van der Waals surface area (Å²) in [6, 6.07) is 27.9. The molecule has 0 radical (unpaired) electrons. The highest BCUT2D eigenvalue weighted by atomic mass is 16.5. The number of nitrogens with one attached hydrogen (secondary N) is 2. The van der Waals surface area contributed by atoms with Crippen LogP contribution in [0.4, 0.5) is 0 Å². The SMILES string of the molecule is O=C(O)CCNC(=O)c1ncc(C(=O)NC(c2ccccc2)c2ccccc2)c(OCc2ccccc2)n1. The number of aliphatic carboxylic acids is 1. The lowest BCUT2D eigenvalue weighted by atomic mass is 9.98. The van der Waals surface area contributed by atoms with Gasteiger partial charge in [0.15, 0.2) is 0 Å². The molecular weight excluding hydrogens is 484 g/mol. The van der Waals surface area contributed by atoms with Gasteiger partial charge >= 0.3 is 5.97 Å². The van der Waals surface area contributed by atoms with Crippen molar-refractivity contribution in [3.8, 4) is 5.88 Å². The molecule has 0 unspecified atom stereocenters. The zero-order valence-corrected chi connectivity index (χ0v) is 20.4. The van der Waals surface area contributed by atoms with Crippen LogP contribution in [0, 0.1) is 0 Å². The van der Waals surface area contributed by atoms with Crippen molar-refractivity contribution in [1.82, 2.24) is 20.6 Å². The lowest BCUT2D eigenvalue weighted by Gasteiger charge is -2.20. The quantitative estimate of drug-likeness (QED) is 0.280. The molecule has 1 aromatic heterocycles. The molecule has 38 heavy (non-hydrogen) atoms. The number of hydrogen-bond acceptors (Lipinski definition) is 6. The van der Waals surface area contributed by atoms with Crippen molar-refractivity contribution in [3.63, 3.8) is 0 Å². The van der Waals surface area contributed by atoms with E-state index in [1.807, 2.05) is 91.0 Å². The number of aromatic nitrogens is 2. The largest absolute Gasteiger partial charge is 0.481 e. The summed E-state index contributed by atoms with van der Waals surface area (Å²) in [4.78, 5) is 45.0. The zero-order chi connectivity index (χ0) is 26.7. The standard InChI is InChI=1S/C29H26N4O5/c34-24(35)16-17-30-28(37)26-31-18-23(29(33-26)38-19-20-10-4-1-5-11-20)27(36)32-25(21-12-6-2-7-13-21)22-14-8-3-9-15-22/h1-15,18,25H,16-17,19H2,(H,30,37)(H,32,36)(H,34,35). The predicted molar refractivity (Wildman–Crippen MR) is 140 cm³/mol. The molecule has 0 aliphatic heterocycles. The summed E-state index contributed by atoms with van der Waals surface area (Å²) in [5, 5.41) is 14.3. The Morgan fingerprint density at radius 3 is 1.97 bits per heavy atom. The molecule has 3 aromatic carbocycles. The minimum Gasteiger partial charge on any atom is -0.481 e. The van der Waals surface area contributed by atoms with Gasteiger partial charge in [0.05, 0.1) is 12.5 Å². The first-order chi connectivity index (χ1) is 18.5. The van der Waals surface area contributed by atoms with Gasteiger partial charge in [-0.1, -0.05) is 91.0 Å². The van der Waals surface area contributed by atoms with E-state index in [-0.39, 0.29) is 36.8 Å². The summed E-state index contributed by atoms with van der Waals surface area (Å²) in [5.74, 6) is -2.50. The Morgan fingerprint density at radius 1 is 0.816 bits per heavy atom. The molecule has 0 aliphatic rings. The van der Waals surface area contributed by atoms with Gasteiger partial charge in [0.1, 0.15) is 12.2 Å². The molecule has 3 N–H and O–H groups in total. The summed E-state index contributed by atoms with van der Waals surface area (Å²) >= 11 is 0. The Bertz CT molecular complexity index is 1340. The summed E-state index contributed by atoms with van der Waals surface area (Å²) in [6.45, 7) is 0.0226. The number of rotatable bonds is 11. The molecule has 9 nitrogen and oxygen atoms in total. The molecule has 0 saturated heterocycles. The van der Waals surface area contributed by atoms with Crippen LogP contribution in [0.3, 0.4) is 0 Å². The maximum absolute atomic E-state index is 13.5. The van der Waals surface area contributed by atoms with E-state index >= 15 is 0 Å². The molecule has 192 valence electrons. The Hall–Kier alpha value is -5.05. The van der Waals surface area contributed by atoms with Crippen molar-refractivity contribution < 1.29 is 24.2 Å². The third-order valence-corrected chi connectivity index (χ3v) is 5.59. The van der Waals surface area contributed by atoms with Gasteiger partial charge in [-0.05, 0) is 16.7 Å². The first kappa shape index (κ1) is 26.0. The highest BCUT2D eigenvalue weighted by molar-refractivity contribution is 5.97. The second-order valence-electron chi connectivity index (χ2n) is 8.31. The number of carboxylic acids is 1. The minimum atomic E-state index is -1.04. The Kier molecular flexibility index (Phi) is 8.75. The highest BCUT2D eigenvalue weighted by Gasteiger charge is 2.23. The Balaban J connectivity index is 1.62. The average Bonchev–Trinajstić information content (AvgIpc) is 2.95. The van der Waals surface area contributed by atoms with E-state index in [0.29, 0.717) is 0 Å². The Labute approximate surface area is 219 Å². The fourth-order valence-electron chi connectivity index (χ4n) is 3.69. The number of carbonyl (C=O) groups is 3. The van der Waals surface area contributed by atoms with Crippen molar-refractivity contribution in [1.29, 1.82) is 0 Å². The second-order valence-corrected chi connectivity index (χ2v) is 8.31. The topological polar surface area (TPSA) is 131 Å². The molecule has 9 heteroatoms. The Morgan fingerprint density at radius 2 is 1.39 bits per heavy atom. The first-order valence-electron chi connectivity index (χ1n) is 12.0. The molecule has 1 heterocycles. The maximum Gasteiger partial charge on any atom is 0.305 e. The minimum absolute atomic E-state index is 0.0554. The van der Waals surface area contributed by atoms with Crippen molar-refractivity contribution in [2.24, 2.45) is 0 Å². The molecule has 0 bridgehead atoms. The molecule has 0 aliphatic carbocycles. The number of ether oxygens (including phenoxy) is 1. The van der Waals surface area contributed by atoms with Crippen molar-refractivity contribution in [2.75, 3.05) is 6.54 Å². The highest BCUT2D eigenvalue weighted by Crippen LogP contribution is 2.24. The fourth-order valence-corrected chi connectivity index (χ4v) is 3.69. The maximum atomic E-state index is 13.5. The normalized spacial score (nSPS) is 10.6. The van der Waals surface area contributed by atoms with Crippen LogP contribution in [0.2, 0.25) is 0 Å². The molecule has 2 amide bonds. The van der Waals surface area contributed by atoms with Gasteiger partial charge in [-0.15, -0.1) is 0 Å². The van der Waals surface area contributed by atoms with E-state index in [4.69, 9.17) is 9.84 Å².